The van der Waals surface area contributed by atoms with E-state index in [-0.39, 0.29) is 24.3 Å². The van der Waals surface area contributed by atoms with Crippen LogP contribution in [0.1, 0.15) is 75.1 Å². The van der Waals surface area contributed by atoms with Gasteiger partial charge in [0.1, 0.15) is 0 Å². The van der Waals surface area contributed by atoms with Gasteiger partial charge in [-0.2, -0.15) is 0 Å². The van der Waals surface area contributed by atoms with Gasteiger partial charge in [-0.25, -0.2) is 0 Å². The van der Waals surface area contributed by atoms with Gasteiger partial charge in [-0.05, 0) is 37.0 Å². The van der Waals surface area contributed by atoms with Crippen molar-refractivity contribution < 1.29 is 19.5 Å². The maximum atomic E-state index is 12.7. The quantitative estimate of drug-likeness (QED) is 0.609. The fraction of sp³-hybridized carbons (Fsp3) is 0.571. The summed E-state index contributed by atoms with van der Waals surface area (Å²) in [6.45, 7) is 1.77. The average Bonchev–Trinajstić information content (AvgIpc) is 2.67. The zero-order valence-corrected chi connectivity index (χ0v) is 16.0. The minimum atomic E-state index is -0.845. The van der Waals surface area contributed by atoms with Crippen molar-refractivity contribution in [2.75, 3.05) is 5.32 Å². The van der Waals surface area contributed by atoms with Gasteiger partial charge in [0.15, 0.2) is 0 Å². The third-order valence-electron chi connectivity index (χ3n) is 5.11. The molecule has 1 aliphatic carbocycles. The largest absolute Gasteiger partial charge is 0.481 e. The number of aliphatic carboxylic acids is 1. The van der Waals surface area contributed by atoms with Gasteiger partial charge in [0.2, 0.25) is 5.91 Å². The van der Waals surface area contributed by atoms with Gasteiger partial charge in [0.25, 0.3) is 5.91 Å². The van der Waals surface area contributed by atoms with Crippen LogP contribution in [0.5, 0.6) is 0 Å². The van der Waals surface area contributed by atoms with E-state index in [2.05, 4.69) is 10.6 Å². The Labute approximate surface area is 160 Å². The smallest absolute Gasteiger partial charge is 0.303 e. The van der Waals surface area contributed by atoms with Gasteiger partial charge in [-0.1, -0.05) is 45.1 Å². The molecule has 6 nitrogen and oxygen atoms in total. The summed E-state index contributed by atoms with van der Waals surface area (Å²) in [6.07, 6.45) is 7.66. The Morgan fingerprint density at radius 3 is 2.59 bits per heavy atom. The summed E-state index contributed by atoms with van der Waals surface area (Å²) < 4.78 is 0. The first-order valence-corrected chi connectivity index (χ1v) is 9.90. The minimum Gasteiger partial charge on any atom is -0.481 e. The van der Waals surface area contributed by atoms with E-state index < -0.39 is 5.97 Å². The summed E-state index contributed by atoms with van der Waals surface area (Å²) in [6, 6.07) is 6.68. The van der Waals surface area contributed by atoms with Crippen LogP contribution in [-0.4, -0.2) is 28.9 Å². The summed E-state index contributed by atoms with van der Waals surface area (Å²) in [5.74, 6) is -0.631. The number of carboxylic acids is 1. The molecular weight excluding hydrogens is 344 g/mol. The van der Waals surface area contributed by atoms with Crippen molar-refractivity contribution in [1.82, 2.24) is 5.32 Å². The van der Waals surface area contributed by atoms with Crippen LogP contribution in [0.4, 0.5) is 5.69 Å². The second-order valence-corrected chi connectivity index (χ2v) is 7.33. The van der Waals surface area contributed by atoms with Crippen LogP contribution in [0.25, 0.3) is 0 Å². The summed E-state index contributed by atoms with van der Waals surface area (Å²) in [5.41, 5.74) is 1.05. The number of hydrogen-bond acceptors (Lipinski definition) is 3. The lowest BCUT2D eigenvalue weighted by atomic mass is 9.84. The van der Waals surface area contributed by atoms with E-state index in [1.807, 2.05) is 0 Å². The molecule has 1 aromatic carbocycles. The number of carbonyl (C=O) groups excluding carboxylic acids is 2. The molecule has 2 amide bonds. The van der Waals surface area contributed by atoms with Crippen molar-refractivity contribution >= 4 is 23.5 Å². The van der Waals surface area contributed by atoms with Gasteiger partial charge in [0.05, 0.1) is 0 Å². The van der Waals surface area contributed by atoms with E-state index >= 15 is 0 Å². The first-order valence-electron chi connectivity index (χ1n) is 9.90. The number of hydrogen-bond donors (Lipinski definition) is 3. The molecule has 0 saturated heterocycles. The third-order valence-corrected chi connectivity index (χ3v) is 5.11. The van der Waals surface area contributed by atoms with Gasteiger partial charge in [-0.15, -0.1) is 0 Å². The molecular formula is C21H30N2O4. The van der Waals surface area contributed by atoms with Crippen LogP contribution < -0.4 is 10.6 Å². The molecule has 2 rings (SSSR count). The lowest BCUT2D eigenvalue weighted by molar-refractivity contribution is -0.137. The average molecular weight is 374 g/mol. The normalized spacial score (nSPS) is 15.7. The maximum Gasteiger partial charge on any atom is 0.303 e. The highest BCUT2D eigenvalue weighted by atomic mass is 16.4. The third kappa shape index (κ3) is 7.41. The first-order chi connectivity index (χ1) is 13.0. The lowest BCUT2D eigenvalue weighted by Gasteiger charge is -2.27. The Bertz CT molecular complexity index is 653. The molecule has 0 bridgehead atoms. The van der Waals surface area contributed by atoms with Crippen molar-refractivity contribution in [2.24, 2.45) is 5.92 Å². The molecule has 1 saturated carbocycles. The molecule has 6 heteroatoms. The van der Waals surface area contributed by atoms with E-state index in [1.54, 1.807) is 31.2 Å². The maximum absolute atomic E-state index is 12.7. The molecule has 3 N–H and O–H groups in total. The van der Waals surface area contributed by atoms with Gasteiger partial charge in [-0.3, -0.25) is 14.4 Å². The van der Waals surface area contributed by atoms with Crippen LogP contribution in [-0.2, 0) is 9.59 Å². The molecule has 0 spiro atoms. The highest BCUT2D eigenvalue weighted by Crippen LogP contribution is 2.28. The molecule has 0 radical (unpaired) electrons. The van der Waals surface area contributed by atoms with Gasteiger partial charge in [0, 0.05) is 30.1 Å². The topological polar surface area (TPSA) is 95.5 Å². The zero-order valence-electron chi connectivity index (χ0n) is 16.0. The number of carboxylic acid groups (broad SMARTS) is 1. The van der Waals surface area contributed by atoms with Crippen LogP contribution in [0, 0.1) is 5.92 Å². The molecule has 1 fully saturated rings. The lowest BCUT2D eigenvalue weighted by Crippen LogP contribution is -2.37. The van der Waals surface area contributed by atoms with E-state index in [0.717, 1.165) is 19.3 Å². The molecule has 1 atom stereocenters. The zero-order chi connectivity index (χ0) is 19.6. The second kappa shape index (κ2) is 10.7. The van der Waals surface area contributed by atoms with E-state index in [4.69, 9.17) is 5.11 Å². The van der Waals surface area contributed by atoms with Crippen LogP contribution in [0.3, 0.4) is 0 Å². The summed E-state index contributed by atoms with van der Waals surface area (Å²) in [5, 5.41) is 14.8. The first kappa shape index (κ1) is 20.9. The Morgan fingerprint density at radius 2 is 1.93 bits per heavy atom. The van der Waals surface area contributed by atoms with E-state index in [9.17, 15) is 14.4 Å². The van der Waals surface area contributed by atoms with Gasteiger partial charge < -0.3 is 15.7 Å². The van der Waals surface area contributed by atoms with Crippen LogP contribution in [0.15, 0.2) is 24.3 Å². The number of benzene rings is 1. The van der Waals surface area contributed by atoms with Crippen molar-refractivity contribution in [2.45, 2.75) is 70.8 Å². The molecule has 1 aliphatic rings. The predicted octanol–water partition coefficient (Wildman–Crippen LogP) is 3.97. The van der Waals surface area contributed by atoms with E-state index in [1.165, 1.54) is 19.3 Å². The highest BCUT2D eigenvalue weighted by molar-refractivity contribution is 5.97. The molecule has 0 aromatic heterocycles. The van der Waals surface area contributed by atoms with Crippen LogP contribution >= 0.6 is 0 Å². The number of amides is 2. The Morgan fingerprint density at radius 1 is 1.19 bits per heavy atom. The molecule has 1 aromatic rings. The Hall–Kier alpha value is -2.37. The second-order valence-electron chi connectivity index (χ2n) is 7.33. The summed E-state index contributed by atoms with van der Waals surface area (Å²) in [4.78, 5) is 35.2. The highest BCUT2D eigenvalue weighted by Gasteiger charge is 2.22. The molecule has 1 unspecified atom stereocenters. The van der Waals surface area contributed by atoms with Gasteiger partial charge >= 0.3 is 5.97 Å². The standard InChI is InChI=1S/C21H30N2O4/c1-2-19(24)22-17-10-6-9-16(14-17)21(27)23-18(11-12-20(25)26)13-15-7-4-3-5-8-15/h6,9-10,14-15,18H,2-5,7-8,11-13H2,1H3,(H,22,24)(H,23,27)(H,25,26). The molecule has 27 heavy (non-hydrogen) atoms. The summed E-state index contributed by atoms with van der Waals surface area (Å²) >= 11 is 0. The fourth-order valence-electron chi connectivity index (χ4n) is 3.63. The van der Waals surface area contributed by atoms with Crippen molar-refractivity contribution in [3.63, 3.8) is 0 Å². The Kier molecular flexibility index (Phi) is 8.30. The molecule has 0 heterocycles. The minimum absolute atomic E-state index is 0.0459. The Balaban J connectivity index is 2.01. The molecule has 148 valence electrons. The van der Waals surface area contributed by atoms with Crippen molar-refractivity contribution in [3.05, 3.63) is 29.8 Å². The number of anilines is 1. The summed E-state index contributed by atoms with van der Waals surface area (Å²) in [7, 11) is 0. The number of nitrogens with one attached hydrogen (secondary N) is 2. The van der Waals surface area contributed by atoms with E-state index in [0.29, 0.717) is 30.0 Å². The number of rotatable bonds is 9. The molecule has 0 aliphatic heterocycles. The van der Waals surface area contributed by atoms with Crippen molar-refractivity contribution in [1.29, 1.82) is 0 Å². The predicted molar refractivity (Wildman–Crippen MR) is 105 cm³/mol. The monoisotopic (exact) mass is 374 g/mol. The SMILES string of the molecule is CCC(=O)Nc1cccc(C(=O)NC(CCC(=O)O)CC2CCCCC2)c1. The number of carbonyl (C=O) groups is 3. The fourth-order valence-corrected chi connectivity index (χ4v) is 3.63. The van der Waals surface area contributed by atoms with Crippen LogP contribution in [0.2, 0.25) is 0 Å². The van der Waals surface area contributed by atoms with Crippen molar-refractivity contribution in [3.8, 4) is 0 Å².